The maximum absolute atomic E-state index is 11.8. The van der Waals surface area contributed by atoms with Crippen molar-refractivity contribution in [2.45, 2.75) is 43.8 Å². The van der Waals surface area contributed by atoms with E-state index in [4.69, 9.17) is 31.4 Å². The van der Waals surface area contributed by atoms with Gasteiger partial charge in [-0.05, 0) is 0 Å². The highest BCUT2D eigenvalue weighted by Gasteiger charge is 2.74. The highest BCUT2D eigenvalue weighted by Crippen LogP contribution is 2.48. The van der Waals surface area contributed by atoms with Crippen LogP contribution in [0.5, 0.6) is 0 Å². The third kappa shape index (κ3) is 2.74. The fourth-order valence-corrected chi connectivity index (χ4v) is 3.93. The zero-order valence-electron chi connectivity index (χ0n) is 14.8. The summed E-state index contributed by atoms with van der Waals surface area (Å²) < 4.78 is 15.8. The summed E-state index contributed by atoms with van der Waals surface area (Å²) in [5.41, 5.74) is 15.6. The predicted octanol–water partition coefficient (Wildman–Crippen LogP) is -2.71. The second-order valence-corrected chi connectivity index (χ2v) is 6.38. The number of aliphatic imine (C=N–C) groups is 2. The Morgan fingerprint density at radius 2 is 1.85 bits per heavy atom. The van der Waals surface area contributed by atoms with Crippen molar-refractivity contribution >= 4 is 30.0 Å². The van der Waals surface area contributed by atoms with Crippen LogP contribution in [0.1, 0.15) is 20.3 Å². The average molecular weight is 383 g/mol. The number of hydrogen-bond donors (Lipinski definition) is 4. The van der Waals surface area contributed by atoms with Crippen LogP contribution in [0.25, 0.3) is 0 Å². The van der Waals surface area contributed by atoms with Crippen LogP contribution in [0.4, 0.5) is 4.79 Å². The maximum Gasteiger partial charge on any atom is 0.404 e. The molecule has 3 aliphatic heterocycles. The Morgan fingerprint density at radius 1 is 1.22 bits per heavy atom. The molecule has 0 radical (unpaired) electrons. The minimum absolute atomic E-state index is 0.00422. The molecule has 13 heteroatoms. The normalized spacial score (nSPS) is 30.2. The first kappa shape index (κ1) is 18.5. The van der Waals surface area contributed by atoms with Gasteiger partial charge in [0.1, 0.15) is 18.7 Å². The Labute approximate surface area is 153 Å². The summed E-state index contributed by atoms with van der Waals surface area (Å²) in [5.74, 6) is -3.06. The zero-order valence-corrected chi connectivity index (χ0v) is 14.8. The lowest BCUT2D eigenvalue weighted by atomic mass is 9.86. The third-order valence-corrected chi connectivity index (χ3v) is 4.65. The number of guanidine groups is 2. The van der Waals surface area contributed by atoms with Gasteiger partial charge >= 0.3 is 23.8 Å². The Morgan fingerprint density at radius 3 is 2.41 bits per heavy atom. The van der Waals surface area contributed by atoms with Gasteiger partial charge in [0, 0.05) is 26.8 Å². The van der Waals surface area contributed by atoms with Gasteiger partial charge in [0.15, 0.2) is 11.9 Å². The van der Waals surface area contributed by atoms with Crippen molar-refractivity contribution in [1.29, 1.82) is 0 Å². The van der Waals surface area contributed by atoms with Crippen LogP contribution in [0.2, 0.25) is 0 Å². The Balaban J connectivity index is 2.11. The fraction of sp³-hybridized carbons (Fsp3) is 0.643. The van der Waals surface area contributed by atoms with Gasteiger partial charge in [-0.2, -0.15) is 0 Å². The van der Waals surface area contributed by atoms with Gasteiger partial charge in [-0.3, -0.25) is 9.59 Å². The van der Waals surface area contributed by atoms with Gasteiger partial charge in [0.25, 0.3) is 0 Å². The van der Waals surface area contributed by atoms with Crippen molar-refractivity contribution < 1.29 is 28.6 Å². The lowest BCUT2D eigenvalue weighted by molar-refractivity contribution is -0.257. The Hall–Kier alpha value is -3.25. The molecule has 7 N–H and O–H groups in total. The lowest BCUT2D eigenvalue weighted by Gasteiger charge is -2.50. The monoisotopic (exact) mass is 383 g/mol. The number of amides is 1. The molecule has 27 heavy (non-hydrogen) atoms. The van der Waals surface area contributed by atoms with Crippen molar-refractivity contribution in [1.82, 2.24) is 10.2 Å². The van der Waals surface area contributed by atoms with Crippen LogP contribution in [0.15, 0.2) is 9.98 Å². The first-order valence-corrected chi connectivity index (χ1v) is 8.15. The van der Waals surface area contributed by atoms with Gasteiger partial charge in [-0.15, -0.1) is 0 Å². The summed E-state index contributed by atoms with van der Waals surface area (Å²) in [5, 5.41) is 2.95. The summed E-state index contributed by atoms with van der Waals surface area (Å²) in [4.78, 5) is 44.9. The molecule has 0 aromatic heterocycles. The smallest absolute Gasteiger partial charge is 0.404 e. The number of nitrogens with one attached hydrogen (secondary N) is 1. The van der Waals surface area contributed by atoms with Crippen LogP contribution < -0.4 is 22.5 Å². The molecule has 3 aliphatic rings. The summed E-state index contributed by atoms with van der Waals surface area (Å²) in [6, 6.07) is -1.64. The molecule has 0 saturated carbocycles. The number of carbonyl (C=O) groups is 3. The molecule has 3 rings (SSSR count). The first-order chi connectivity index (χ1) is 12.6. The van der Waals surface area contributed by atoms with E-state index in [0.717, 1.165) is 0 Å². The van der Waals surface area contributed by atoms with Gasteiger partial charge in [-0.25, -0.2) is 14.8 Å². The van der Waals surface area contributed by atoms with E-state index in [2.05, 4.69) is 15.3 Å². The molecule has 148 valence electrons. The molecule has 0 aliphatic carbocycles. The standard InChI is InChI=1S/C14H21N7O6/c1-6(22)26-13(27-7(2)23)3-4-21-11(16)18-8(5-25-12(17)24)9-14(13,21)20-10(15)19-9/h8-9H,3-5H2,1-2H3,(H2,16,18)(H2,17,24)(H3,15,19,20)/t8-,9-,14-/m0/s1. The van der Waals surface area contributed by atoms with Crippen LogP contribution in [0, 0.1) is 0 Å². The molecule has 1 amide bonds. The summed E-state index contributed by atoms with van der Waals surface area (Å²) in [7, 11) is 0. The number of ether oxygens (including phenoxy) is 3. The van der Waals surface area contributed by atoms with E-state index >= 15 is 0 Å². The average Bonchev–Trinajstić information content (AvgIpc) is 3.02. The lowest BCUT2D eigenvalue weighted by Crippen LogP contribution is -2.78. The third-order valence-electron chi connectivity index (χ3n) is 4.65. The molecule has 1 spiro atoms. The molecular weight excluding hydrogens is 362 g/mol. The summed E-state index contributed by atoms with van der Waals surface area (Å²) >= 11 is 0. The van der Waals surface area contributed by atoms with Gasteiger partial charge < -0.3 is 41.6 Å². The molecule has 1 saturated heterocycles. The minimum Gasteiger partial charge on any atom is -0.447 e. The molecule has 0 aromatic carbocycles. The Kier molecular flexibility index (Phi) is 4.24. The van der Waals surface area contributed by atoms with E-state index in [9.17, 15) is 14.4 Å². The molecule has 0 unspecified atom stereocenters. The highest BCUT2D eigenvalue weighted by molar-refractivity contribution is 5.87. The predicted molar refractivity (Wildman–Crippen MR) is 89.8 cm³/mol. The number of nitrogens with zero attached hydrogens (tertiary/aromatic N) is 3. The molecule has 3 heterocycles. The van der Waals surface area contributed by atoms with Crippen LogP contribution in [-0.4, -0.2) is 71.5 Å². The highest BCUT2D eigenvalue weighted by atomic mass is 16.7. The summed E-state index contributed by atoms with van der Waals surface area (Å²) in [6.45, 7) is 2.37. The molecular formula is C14H21N7O6. The minimum atomic E-state index is -1.77. The maximum atomic E-state index is 11.8. The molecule has 1 fully saturated rings. The number of carbonyl (C=O) groups excluding carboxylic acids is 3. The number of nitrogens with two attached hydrogens (primary N) is 3. The molecule has 13 nitrogen and oxygen atoms in total. The molecule has 0 aromatic rings. The number of hydrogen-bond acceptors (Lipinski definition) is 12. The van der Waals surface area contributed by atoms with Crippen LogP contribution in [0.3, 0.4) is 0 Å². The molecule has 3 atom stereocenters. The molecule has 0 bridgehead atoms. The van der Waals surface area contributed by atoms with Gasteiger partial charge in [0.05, 0.1) is 0 Å². The van der Waals surface area contributed by atoms with Gasteiger partial charge in [0.2, 0.25) is 5.66 Å². The van der Waals surface area contributed by atoms with Crippen LogP contribution in [-0.2, 0) is 23.8 Å². The number of primary amides is 1. The zero-order chi connectivity index (χ0) is 20.0. The van der Waals surface area contributed by atoms with Crippen molar-refractivity contribution in [3.63, 3.8) is 0 Å². The van der Waals surface area contributed by atoms with E-state index in [0.29, 0.717) is 0 Å². The van der Waals surface area contributed by atoms with E-state index < -0.39 is 41.6 Å². The number of rotatable bonds is 4. The second-order valence-electron chi connectivity index (χ2n) is 6.38. The quantitative estimate of drug-likeness (QED) is 0.292. The SMILES string of the molecule is CC(=O)OC1(OC(C)=O)CCN2C(N)=N[C@@H](COC(N)=O)[C@@H]3N=C(N)N[C@@]321. The largest absolute Gasteiger partial charge is 0.447 e. The van der Waals surface area contributed by atoms with Crippen molar-refractivity contribution in [3.05, 3.63) is 0 Å². The van der Waals surface area contributed by atoms with Crippen molar-refractivity contribution in [2.24, 2.45) is 27.2 Å². The summed E-state index contributed by atoms with van der Waals surface area (Å²) in [6.07, 6.45) is -0.904. The van der Waals surface area contributed by atoms with Gasteiger partial charge in [-0.1, -0.05) is 0 Å². The van der Waals surface area contributed by atoms with Crippen molar-refractivity contribution in [3.8, 4) is 0 Å². The number of esters is 2. The van der Waals surface area contributed by atoms with E-state index in [1.807, 2.05) is 0 Å². The van der Waals surface area contributed by atoms with Crippen molar-refractivity contribution in [2.75, 3.05) is 13.2 Å². The Bertz CT molecular complexity index is 736. The second kappa shape index (κ2) is 6.17. The first-order valence-electron chi connectivity index (χ1n) is 8.15. The van der Waals surface area contributed by atoms with E-state index in [1.165, 1.54) is 13.8 Å². The topological polar surface area (TPSA) is 197 Å². The van der Waals surface area contributed by atoms with Crippen LogP contribution >= 0.6 is 0 Å². The van der Waals surface area contributed by atoms with E-state index in [1.54, 1.807) is 4.90 Å². The van der Waals surface area contributed by atoms with E-state index in [-0.39, 0.29) is 31.5 Å². The fourth-order valence-electron chi connectivity index (χ4n) is 3.93.